The molecule has 1 N–H and O–H groups in total. The lowest BCUT2D eigenvalue weighted by Crippen LogP contribution is -2.26. The van der Waals surface area contributed by atoms with Gasteiger partial charge in [0.15, 0.2) is 10.8 Å². The number of fused-ring (bicyclic) bond motifs is 1. The minimum absolute atomic E-state index is 0.0985. The number of hydrogen-bond donors (Lipinski definition) is 1. The molecule has 170 valence electrons. The van der Waals surface area contributed by atoms with Crippen LogP contribution >= 0.6 is 11.8 Å². The first-order valence-corrected chi connectivity index (χ1v) is 11.6. The normalized spacial score (nSPS) is 11.0. The second-order valence-electron chi connectivity index (χ2n) is 7.41. The zero-order valence-electron chi connectivity index (χ0n) is 18.7. The van der Waals surface area contributed by atoms with Crippen molar-refractivity contribution in [3.05, 3.63) is 83.6 Å². The van der Waals surface area contributed by atoms with Crippen molar-refractivity contribution in [2.24, 2.45) is 0 Å². The van der Waals surface area contributed by atoms with Crippen molar-refractivity contribution in [1.29, 1.82) is 0 Å². The van der Waals surface area contributed by atoms with Crippen molar-refractivity contribution < 1.29 is 14.3 Å². The number of methoxy groups -OCH3 is 2. The van der Waals surface area contributed by atoms with Crippen LogP contribution in [0.2, 0.25) is 0 Å². The van der Waals surface area contributed by atoms with E-state index in [0.29, 0.717) is 25.3 Å². The third-order valence-corrected chi connectivity index (χ3v) is 6.19. The topological polar surface area (TPSA) is 78.3 Å². The minimum Gasteiger partial charge on any atom is -0.497 e. The molecule has 1 amide bonds. The second-order valence-corrected chi connectivity index (χ2v) is 8.35. The van der Waals surface area contributed by atoms with E-state index in [1.54, 1.807) is 32.2 Å². The molecule has 0 aliphatic heterocycles. The van der Waals surface area contributed by atoms with Crippen LogP contribution in [0.25, 0.3) is 11.2 Å². The zero-order valence-corrected chi connectivity index (χ0v) is 19.5. The lowest BCUT2D eigenvalue weighted by molar-refractivity contribution is 0.0937. The van der Waals surface area contributed by atoms with E-state index in [0.717, 1.165) is 38.9 Å². The summed E-state index contributed by atoms with van der Waals surface area (Å²) in [7, 11) is 3.28. The highest BCUT2D eigenvalue weighted by molar-refractivity contribution is 7.98. The SMILES string of the molecule is COCCNC(=O)c1ccc(CSc2nc3cccnc3n2Cc2ccc(OC)cc2)cc1. The van der Waals surface area contributed by atoms with Gasteiger partial charge in [0.25, 0.3) is 5.91 Å². The molecule has 8 heteroatoms. The van der Waals surface area contributed by atoms with Crippen molar-refractivity contribution in [3.63, 3.8) is 0 Å². The van der Waals surface area contributed by atoms with Crippen molar-refractivity contribution >= 4 is 28.8 Å². The van der Waals surface area contributed by atoms with Crippen LogP contribution in [-0.2, 0) is 17.0 Å². The number of pyridine rings is 1. The number of ether oxygens (including phenoxy) is 2. The number of rotatable bonds is 10. The highest BCUT2D eigenvalue weighted by Crippen LogP contribution is 2.27. The fourth-order valence-corrected chi connectivity index (χ4v) is 4.33. The fraction of sp³-hybridized carbons (Fsp3) is 0.240. The minimum atomic E-state index is -0.0985. The van der Waals surface area contributed by atoms with E-state index < -0.39 is 0 Å². The Balaban J connectivity index is 1.48. The Kier molecular flexibility index (Phi) is 7.59. The molecule has 4 rings (SSSR count). The summed E-state index contributed by atoms with van der Waals surface area (Å²) < 4.78 is 12.4. The first kappa shape index (κ1) is 22.8. The van der Waals surface area contributed by atoms with E-state index in [4.69, 9.17) is 14.5 Å². The molecular weight excluding hydrogens is 436 g/mol. The quantitative estimate of drug-likeness (QED) is 0.282. The Morgan fingerprint density at radius 3 is 2.52 bits per heavy atom. The van der Waals surface area contributed by atoms with E-state index in [-0.39, 0.29) is 5.91 Å². The van der Waals surface area contributed by atoms with Crippen LogP contribution in [0.4, 0.5) is 0 Å². The molecule has 0 bridgehead atoms. The number of thioether (sulfide) groups is 1. The van der Waals surface area contributed by atoms with Gasteiger partial charge < -0.3 is 14.8 Å². The average molecular weight is 463 g/mol. The highest BCUT2D eigenvalue weighted by atomic mass is 32.2. The third-order valence-electron chi connectivity index (χ3n) is 5.14. The number of nitrogens with one attached hydrogen (secondary N) is 1. The Morgan fingerprint density at radius 2 is 1.79 bits per heavy atom. The summed E-state index contributed by atoms with van der Waals surface area (Å²) in [6.45, 7) is 1.65. The van der Waals surface area contributed by atoms with Crippen LogP contribution in [0.3, 0.4) is 0 Å². The molecule has 0 fully saturated rings. The maximum atomic E-state index is 12.2. The molecule has 2 aromatic heterocycles. The van der Waals surface area contributed by atoms with Gasteiger partial charge in [0.2, 0.25) is 0 Å². The second kappa shape index (κ2) is 11.0. The van der Waals surface area contributed by atoms with Crippen molar-refractivity contribution in [1.82, 2.24) is 19.9 Å². The fourth-order valence-electron chi connectivity index (χ4n) is 3.37. The number of amides is 1. The van der Waals surface area contributed by atoms with Gasteiger partial charge in [-0.3, -0.25) is 9.36 Å². The number of aromatic nitrogens is 3. The number of benzene rings is 2. The summed E-state index contributed by atoms with van der Waals surface area (Å²) >= 11 is 1.65. The highest BCUT2D eigenvalue weighted by Gasteiger charge is 2.13. The summed E-state index contributed by atoms with van der Waals surface area (Å²) in [4.78, 5) is 21.5. The molecule has 0 saturated heterocycles. The van der Waals surface area contributed by atoms with Crippen LogP contribution in [0, 0.1) is 0 Å². The monoisotopic (exact) mass is 462 g/mol. The number of nitrogens with zero attached hydrogens (tertiary/aromatic N) is 3. The number of hydrogen-bond acceptors (Lipinski definition) is 6. The molecule has 7 nitrogen and oxygen atoms in total. The van der Waals surface area contributed by atoms with E-state index >= 15 is 0 Å². The molecule has 33 heavy (non-hydrogen) atoms. The van der Waals surface area contributed by atoms with Gasteiger partial charge in [0.1, 0.15) is 11.3 Å². The van der Waals surface area contributed by atoms with Gasteiger partial charge in [-0.25, -0.2) is 9.97 Å². The summed E-state index contributed by atoms with van der Waals surface area (Å²) in [6, 6.07) is 19.6. The Morgan fingerprint density at radius 1 is 1.03 bits per heavy atom. The molecule has 0 unspecified atom stereocenters. The summed E-state index contributed by atoms with van der Waals surface area (Å²) in [5.74, 6) is 1.47. The maximum Gasteiger partial charge on any atom is 0.251 e. The van der Waals surface area contributed by atoms with E-state index in [1.165, 1.54) is 0 Å². The van der Waals surface area contributed by atoms with Gasteiger partial charge in [-0.05, 0) is 47.5 Å². The third kappa shape index (κ3) is 5.71. The number of carbonyl (C=O) groups excluding carboxylic acids is 1. The standard InChI is InChI=1S/C25H26N4O3S/c1-31-15-14-27-24(30)20-9-5-19(6-10-20)17-33-25-28-22-4-3-13-26-23(22)29(25)16-18-7-11-21(32-2)12-8-18/h3-13H,14-17H2,1-2H3,(H,27,30). The molecule has 0 aliphatic rings. The summed E-state index contributed by atoms with van der Waals surface area (Å²) in [5, 5.41) is 3.74. The number of carbonyl (C=O) groups is 1. The molecule has 4 aromatic rings. The molecule has 0 spiro atoms. The van der Waals surface area contributed by atoms with Crippen LogP contribution in [0.5, 0.6) is 5.75 Å². The molecule has 0 atom stereocenters. The molecular formula is C25H26N4O3S. The van der Waals surface area contributed by atoms with Gasteiger partial charge in [0.05, 0.1) is 20.3 Å². The maximum absolute atomic E-state index is 12.2. The molecule has 2 aromatic carbocycles. The van der Waals surface area contributed by atoms with E-state index in [1.807, 2.05) is 48.5 Å². The van der Waals surface area contributed by atoms with Crippen molar-refractivity contribution in [3.8, 4) is 5.75 Å². The molecule has 0 saturated carbocycles. The Bertz CT molecular complexity index is 1210. The van der Waals surface area contributed by atoms with Crippen LogP contribution in [0.1, 0.15) is 21.5 Å². The lowest BCUT2D eigenvalue weighted by Gasteiger charge is -2.10. The molecule has 2 heterocycles. The molecule has 0 aliphatic carbocycles. The number of imidazole rings is 1. The zero-order chi connectivity index (χ0) is 23.0. The van der Waals surface area contributed by atoms with Crippen LogP contribution in [0.15, 0.2) is 72.0 Å². The predicted octanol–water partition coefficient (Wildman–Crippen LogP) is 4.16. The van der Waals surface area contributed by atoms with Crippen LogP contribution < -0.4 is 10.1 Å². The average Bonchev–Trinajstić information content (AvgIpc) is 3.21. The lowest BCUT2D eigenvalue weighted by atomic mass is 10.1. The van der Waals surface area contributed by atoms with Gasteiger partial charge >= 0.3 is 0 Å². The summed E-state index contributed by atoms with van der Waals surface area (Å²) in [6.07, 6.45) is 1.79. The summed E-state index contributed by atoms with van der Waals surface area (Å²) in [5.41, 5.74) is 4.63. The predicted molar refractivity (Wildman–Crippen MR) is 130 cm³/mol. The first-order chi connectivity index (χ1) is 16.2. The van der Waals surface area contributed by atoms with E-state index in [2.05, 4.69) is 27.0 Å². The van der Waals surface area contributed by atoms with Crippen LogP contribution in [-0.4, -0.2) is 47.8 Å². The molecule has 0 radical (unpaired) electrons. The van der Waals surface area contributed by atoms with Gasteiger partial charge in [-0.2, -0.15) is 0 Å². The van der Waals surface area contributed by atoms with Crippen molar-refractivity contribution in [2.45, 2.75) is 17.5 Å². The Labute approximate surface area is 197 Å². The largest absolute Gasteiger partial charge is 0.497 e. The van der Waals surface area contributed by atoms with Crippen molar-refractivity contribution in [2.75, 3.05) is 27.4 Å². The smallest absolute Gasteiger partial charge is 0.251 e. The first-order valence-electron chi connectivity index (χ1n) is 10.6. The van der Waals surface area contributed by atoms with E-state index in [9.17, 15) is 4.79 Å². The van der Waals surface area contributed by atoms with Gasteiger partial charge in [0, 0.05) is 31.2 Å². The van der Waals surface area contributed by atoms with Gasteiger partial charge in [-0.15, -0.1) is 0 Å². The Hall–Kier alpha value is -3.36. The van der Waals surface area contributed by atoms with Gasteiger partial charge in [-0.1, -0.05) is 36.0 Å².